The Labute approximate surface area is 175 Å². The Morgan fingerprint density at radius 1 is 1.07 bits per heavy atom. The van der Waals surface area contributed by atoms with Crippen molar-refractivity contribution in [3.8, 4) is 11.5 Å². The average Bonchev–Trinajstić information content (AvgIpc) is 3.23. The molecular formula is C22H26N4O4. The van der Waals surface area contributed by atoms with Gasteiger partial charge in [-0.25, -0.2) is 0 Å². The van der Waals surface area contributed by atoms with Gasteiger partial charge >= 0.3 is 0 Å². The number of aryl methyl sites for hydroxylation is 1. The molecule has 158 valence electrons. The third-order valence-corrected chi connectivity index (χ3v) is 4.97. The molecule has 1 fully saturated rings. The van der Waals surface area contributed by atoms with Crippen LogP contribution in [-0.2, 0) is 4.74 Å². The van der Waals surface area contributed by atoms with Crippen molar-refractivity contribution in [1.82, 2.24) is 10.2 Å². The Bertz CT molecular complexity index is 908. The van der Waals surface area contributed by atoms with Gasteiger partial charge in [0.2, 0.25) is 12.8 Å². The molecule has 2 N–H and O–H groups in total. The summed E-state index contributed by atoms with van der Waals surface area (Å²) in [5.74, 6) is 1.55. The molecule has 0 aliphatic carbocycles. The first-order valence-corrected chi connectivity index (χ1v) is 10.1. The molecule has 2 aliphatic heterocycles. The Kier molecular flexibility index (Phi) is 6.46. The van der Waals surface area contributed by atoms with Gasteiger partial charge in [0.1, 0.15) is 0 Å². The minimum Gasteiger partial charge on any atom is -0.454 e. The molecule has 0 saturated carbocycles. The Hall–Kier alpha value is -3.10. The Morgan fingerprint density at radius 3 is 2.63 bits per heavy atom. The number of benzene rings is 2. The van der Waals surface area contributed by atoms with E-state index in [4.69, 9.17) is 14.2 Å². The zero-order valence-electron chi connectivity index (χ0n) is 17.0. The number of hydrogen-bond acceptors (Lipinski definition) is 6. The molecule has 0 radical (unpaired) electrons. The van der Waals surface area contributed by atoms with E-state index < -0.39 is 0 Å². The highest BCUT2D eigenvalue weighted by Crippen LogP contribution is 2.34. The molecule has 8 nitrogen and oxygen atoms in total. The number of carbonyl (C=O) groups is 1. The van der Waals surface area contributed by atoms with Crippen molar-refractivity contribution in [2.45, 2.75) is 6.92 Å². The number of nitrogens with zero attached hydrogens (tertiary/aromatic N) is 2. The van der Waals surface area contributed by atoms with Crippen LogP contribution < -0.4 is 20.1 Å². The molecular weight excluding hydrogens is 384 g/mol. The van der Waals surface area contributed by atoms with Crippen molar-refractivity contribution in [3.05, 3.63) is 53.6 Å². The van der Waals surface area contributed by atoms with Crippen molar-refractivity contribution in [3.63, 3.8) is 0 Å². The SMILES string of the molecule is Cc1ccc(C(=O)NC(=NCCN2CCOCC2)Nc2ccc3c(c2)OCO3)cc1. The number of ether oxygens (including phenoxy) is 3. The fraction of sp³-hybridized carbons (Fsp3) is 0.364. The van der Waals surface area contributed by atoms with E-state index in [0.29, 0.717) is 29.6 Å². The lowest BCUT2D eigenvalue weighted by atomic mass is 10.1. The van der Waals surface area contributed by atoms with Crippen LogP contribution in [-0.4, -0.2) is 63.0 Å². The van der Waals surface area contributed by atoms with Gasteiger partial charge in [-0.05, 0) is 31.2 Å². The van der Waals surface area contributed by atoms with E-state index in [-0.39, 0.29) is 12.7 Å². The molecule has 30 heavy (non-hydrogen) atoms. The van der Waals surface area contributed by atoms with E-state index in [9.17, 15) is 4.79 Å². The number of nitrogens with one attached hydrogen (secondary N) is 2. The summed E-state index contributed by atoms with van der Waals surface area (Å²) in [7, 11) is 0. The van der Waals surface area contributed by atoms with E-state index in [1.165, 1.54) is 0 Å². The third-order valence-electron chi connectivity index (χ3n) is 4.97. The Morgan fingerprint density at radius 2 is 1.83 bits per heavy atom. The average molecular weight is 410 g/mol. The highest BCUT2D eigenvalue weighted by molar-refractivity contribution is 6.10. The lowest BCUT2D eigenvalue weighted by Gasteiger charge is -2.25. The molecule has 0 aromatic heterocycles. The first-order chi connectivity index (χ1) is 14.7. The Balaban J connectivity index is 1.45. The summed E-state index contributed by atoms with van der Waals surface area (Å²) in [5.41, 5.74) is 2.44. The molecule has 2 aromatic rings. The topological polar surface area (TPSA) is 84.4 Å². The number of carbonyl (C=O) groups excluding carboxylic acids is 1. The van der Waals surface area contributed by atoms with Crippen LogP contribution in [0.15, 0.2) is 47.5 Å². The van der Waals surface area contributed by atoms with E-state index in [2.05, 4.69) is 20.5 Å². The van der Waals surface area contributed by atoms with Crippen molar-refractivity contribution < 1.29 is 19.0 Å². The van der Waals surface area contributed by atoms with E-state index in [0.717, 1.165) is 44.1 Å². The summed E-state index contributed by atoms with van der Waals surface area (Å²) in [6.45, 7) is 6.85. The normalized spacial score (nSPS) is 16.4. The minimum atomic E-state index is -0.214. The van der Waals surface area contributed by atoms with Gasteiger partial charge in [0, 0.05) is 37.0 Å². The quantitative estimate of drug-likeness (QED) is 0.581. The van der Waals surface area contributed by atoms with Crippen LogP contribution in [0.3, 0.4) is 0 Å². The lowest BCUT2D eigenvalue weighted by molar-refractivity contribution is 0.0394. The van der Waals surface area contributed by atoms with Gasteiger partial charge in [0.15, 0.2) is 11.5 Å². The summed E-state index contributed by atoms with van der Waals surface area (Å²) >= 11 is 0. The van der Waals surface area contributed by atoms with Gasteiger partial charge < -0.3 is 19.5 Å². The van der Waals surface area contributed by atoms with Crippen LogP contribution in [0.2, 0.25) is 0 Å². The van der Waals surface area contributed by atoms with Gasteiger partial charge in [-0.3, -0.25) is 20.0 Å². The molecule has 4 rings (SSSR count). The number of morpholine rings is 1. The molecule has 0 spiro atoms. The summed E-state index contributed by atoms with van der Waals surface area (Å²) in [6.07, 6.45) is 0. The summed E-state index contributed by atoms with van der Waals surface area (Å²) in [4.78, 5) is 19.6. The zero-order valence-corrected chi connectivity index (χ0v) is 17.0. The van der Waals surface area contributed by atoms with Crippen LogP contribution in [0, 0.1) is 6.92 Å². The van der Waals surface area contributed by atoms with Gasteiger partial charge in [-0.2, -0.15) is 0 Å². The molecule has 1 amide bonds. The zero-order chi connectivity index (χ0) is 20.8. The fourth-order valence-corrected chi connectivity index (χ4v) is 3.23. The fourth-order valence-electron chi connectivity index (χ4n) is 3.23. The second-order valence-electron chi connectivity index (χ2n) is 7.20. The van der Waals surface area contributed by atoms with Crippen molar-refractivity contribution in [2.75, 3.05) is 51.5 Å². The van der Waals surface area contributed by atoms with Crippen LogP contribution in [0.25, 0.3) is 0 Å². The largest absolute Gasteiger partial charge is 0.454 e. The van der Waals surface area contributed by atoms with Gasteiger partial charge in [-0.1, -0.05) is 17.7 Å². The first kappa shape index (κ1) is 20.2. The van der Waals surface area contributed by atoms with Crippen LogP contribution in [0.5, 0.6) is 11.5 Å². The van der Waals surface area contributed by atoms with Gasteiger partial charge in [-0.15, -0.1) is 0 Å². The number of amides is 1. The van der Waals surface area contributed by atoms with Crippen LogP contribution in [0.1, 0.15) is 15.9 Å². The molecule has 2 heterocycles. The lowest BCUT2D eigenvalue weighted by Crippen LogP contribution is -2.39. The highest BCUT2D eigenvalue weighted by Gasteiger charge is 2.15. The van der Waals surface area contributed by atoms with Crippen LogP contribution in [0.4, 0.5) is 5.69 Å². The highest BCUT2D eigenvalue weighted by atomic mass is 16.7. The molecule has 2 aliphatic rings. The van der Waals surface area contributed by atoms with Crippen LogP contribution >= 0.6 is 0 Å². The maximum Gasteiger partial charge on any atom is 0.257 e. The maximum atomic E-state index is 12.7. The van der Waals surface area contributed by atoms with E-state index in [1.807, 2.05) is 37.3 Å². The predicted octanol–water partition coefficient (Wildman–Crippen LogP) is 2.25. The number of fused-ring (bicyclic) bond motifs is 1. The number of rotatable bonds is 5. The first-order valence-electron chi connectivity index (χ1n) is 10.1. The van der Waals surface area contributed by atoms with Crippen molar-refractivity contribution in [2.24, 2.45) is 4.99 Å². The predicted molar refractivity (Wildman–Crippen MR) is 114 cm³/mol. The van der Waals surface area contributed by atoms with Crippen molar-refractivity contribution in [1.29, 1.82) is 0 Å². The summed E-state index contributed by atoms with van der Waals surface area (Å²) < 4.78 is 16.2. The summed E-state index contributed by atoms with van der Waals surface area (Å²) in [5, 5.41) is 6.09. The van der Waals surface area contributed by atoms with Gasteiger partial charge in [0.05, 0.1) is 19.8 Å². The second kappa shape index (κ2) is 9.60. The maximum absolute atomic E-state index is 12.7. The van der Waals surface area contributed by atoms with Gasteiger partial charge in [0.25, 0.3) is 5.91 Å². The number of guanidine groups is 1. The number of hydrogen-bond donors (Lipinski definition) is 2. The molecule has 0 bridgehead atoms. The molecule has 1 saturated heterocycles. The second-order valence-corrected chi connectivity index (χ2v) is 7.20. The third kappa shape index (κ3) is 5.28. The number of anilines is 1. The smallest absolute Gasteiger partial charge is 0.257 e. The molecule has 2 aromatic carbocycles. The molecule has 0 unspecified atom stereocenters. The molecule has 0 atom stereocenters. The minimum absolute atomic E-state index is 0.212. The molecule has 8 heteroatoms. The van der Waals surface area contributed by atoms with E-state index in [1.54, 1.807) is 12.1 Å². The monoisotopic (exact) mass is 410 g/mol. The van der Waals surface area contributed by atoms with Crippen molar-refractivity contribution >= 4 is 17.6 Å². The van der Waals surface area contributed by atoms with E-state index >= 15 is 0 Å². The summed E-state index contributed by atoms with van der Waals surface area (Å²) in [6, 6.07) is 13.0. The number of aliphatic imine (C=N–C) groups is 1. The standard InChI is InChI=1S/C22H26N4O4/c1-16-2-4-17(5-3-16)21(27)25-22(23-8-9-26-10-12-28-13-11-26)24-18-6-7-19-20(14-18)30-15-29-19/h2-7,14H,8-13,15H2,1H3,(H2,23,24,25,27).